The van der Waals surface area contributed by atoms with Crippen LogP contribution in [0, 0.1) is 0 Å². The van der Waals surface area contributed by atoms with Gasteiger partial charge in [-0.3, -0.25) is 4.90 Å². The molecule has 1 saturated heterocycles. The lowest BCUT2D eigenvalue weighted by atomic mass is 10.0. The van der Waals surface area contributed by atoms with Gasteiger partial charge in [-0.05, 0) is 25.5 Å². The zero-order chi connectivity index (χ0) is 12.0. The normalized spacial score (nSPS) is 29.2. The highest BCUT2D eigenvalue weighted by molar-refractivity contribution is 7.99. The summed E-state index contributed by atoms with van der Waals surface area (Å²) < 4.78 is 0. The van der Waals surface area contributed by atoms with Crippen LogP contribution in [0.15, 0.2) is 0 Å². The van der Waals surface area contributed by atoms with E-state index in [0.717, 1.165) is 12.1 Å². The molecule has 0 radical (unpaired) electrons. The van der Waals surface area contributed by atoms with Crippen LogP contribution in [0.2, 0.25) is 0 Å². The molecule has 1 N–H and O–H groups in total. The van der Waals surface area contributed by atoms with Crippen molar-refractivity contribution in [3.8, 4) is 0 Å². The number of nitrogens with zero attached hydrogens (tertiary/aromatic N) is 1. The van der Waals surface area contributed by atoms with Gasteiger partial charge in [-0.15, -0.1) is 0 Å². The molecule has 3 heteroatoms. The Hall–Kier alpha value is 0.270. The number of piperazine rings is 1. The van der Waals surface area contributed by atoms with Gasteiger partial charge in [0, 0.05) is 37.0 Å². The van der Waals surface area contributed by atoms with Crippen molar-refractivity contribution in [2.45, 2.75) is 58.7 Å². The van der Waals surface area contributed by atoms with Gasteiger partial charge in [0.05, 0.1) is 0 Å². The summed E-state index contributed by atoms with van der Waals surface area (Å²) in [4.78, 5) is 2.73. The molecule has 0 saturated carbocycles. The van der Waals surface area contributed by atoms with Crippen molar-refractivity contribution < 1.29 is 0 Å². The first-order valence-electron chi connectivity index (χ1n) is 6.79. The van der Waals surface area contributed by atoms with Gasteiger partial charge in [-0.1, -0.05) is 20.8 Å². The summed E-state index contributed by atoms with van der Waals surface area (Å²) >= 11 is 2.07. The van der Waals surface area contributed by atoms with Gasteiger partial charge in [-0.25, -0.2) is 0 Å². The summed E-state index contributed by atoms with van der Waals surface area (Å²) in [7, 11) is 0. The molecule has 0 aromatic heterocycles. The smallest absolute Gasteiger partial charge is 0.0221 e. The summed E-state index contributed by atoms with van der Waals surface area (Å²) in [6.45, 7) is 11.7. The number of hydrogen-bond donors (Lipinski definition) is 1. The zero-order valence-corrected chi connectivity index (χ0v) is 12.1. The van der Waals surface area contributed by atoms with Crippen LogP contribution in [0.4, 0.5) is 0 Å². The fraction of sp³-hybridized carbons (Fsp3) is 1.00. The number of nitrogens with one attached hydrogen (secondary N) is 1. The first-order valence-corrected chi connectivity index (χ1v) is 7.95. The molecular formula is C13H28N2S. The lowest BCUT2D eigenvalue weighted by Crippen LogP contribution is -2.59. The molecule has 1 fully saturated rings. The number of hydrogen-bond acceptors (Lipinski definition) is 3. The van der Waals surface area contributed by atoms with E-state index in [-0.39, 0.29) is 0 Å². The summed E-state index contributed by atoms with van der Waals surface area (Å²) in [5.74, 6) is 2.52. The maximum absolute atomic E-state index is 3.66. The molecule has 2 nitrogen and oxygen atoms in total. The third-order valence-electron chi connectivity index (χ3n) is 3.64. The predicted molar refractivity (Wildman–Crippen MR) is 75.3 cm³/mol. The highest BCUT2D eigenvalue weighted by atomic mass is 32.2. The van der Waals surface area contributed by atoms with E-state index in [1.54, 1.807) is 0 Å². The average molecular weight is 244 g/mol. The second kappa shape index (κ2) is 7.57. The van der Waals surface area contributed by atoms with Gasteiger partial charge >= 0.3 is 0 Å². The van der Waals surface area contributed by atoms with Crippen LogP contribution < -0.4 is 5.32 Å². The molecule has 1 aliphatic heterocycles. The molecule has 1 rings (SSSR count). The second-order valence-corrected chi connectivity index (χ2v) is 6.10. The van der Waals surface area contributed by atoms with Crippen LogP contribution in [-0.4, -0.2) is 47.6 Å². The van der Waals surface area contributed by atoms with E-state index in [2.05, 4.69) is 49.7 Å². The Labute approximate surface area is 106 Å². The van der Waals surface area contributed by atoms with Crippen LogP contribution >= 0.6 is 11.8 Å². The Morgan fingerprint density at radius 1 is 1.31 bits per heavy atom. The molecule has 3 atom stereocenters. The molecule has 0 aromatic rings. The first-order chi connectivity index (χ1) is 7.72. The molecule has 1 aliphatic rings. The van der Waals surface area contributed by atoms with E-state index < -0.39 is 0 Å². The average Bonchev–Trinajstić information content (AvgIpc) is 2.35. The summed E-state index contributed by atoms with van der Waals surface area (Å²) in [5, 5.41) is 3.66. The molecule has 0 bridgehead atoms. The maximum atomic E-state index is 3.66. The maximum Gasteiger partial charge on any atom is 0.0221 e. The van der Waals surface area contributed by atoms with Crippen LogP contribution in [0.3, 0.4) is 0 Å². The second-order valence-electron chi connectivity index (χ2n) is 4.78. The lowest BCUT2D eigenvalue weighted by Gasteiger charge is -2.43. The zero-order valence-electron chi connectivity index (χ0n) is 11.3. The van der Waals surface area contributed by atoms with Gasteiger partial charge in [0.15, 0.2) is 0 Å². The predicted octanol–water partition coefficient (Wildman–Crippen LogP) is 2.59. The van der Waals surface area contributed by atoms with Crippen molar-refractivity contribution in [1.29, 1.82) is 0 Å². The highest BCUT2D eigenvalue weighted by Gasteiger charge is 2.28. The fourth-order valence-corrected chi connectivity index (χ4v) is 3.23. The molecule has 0 aromatic carbocycles. The van der Waals surface area contributed by atoms with Gasteiger partial charge < -0.3 is 5.32 Å². The number of rotatable bonds is 6. The van der Waals surface area contributed by atoms with E-state index in [4.69, 9.17) is 0 Å². The summed E-state index contributed by atoms with van der Waals surface area (Å²) in [6.07, 6.45) is 2.52. The molecule has 16 heavy (non-hydrogen) atoms. The topological polar surface area (TPSA) is 15.3 Å². The van der Waals surface area contributed by atoms with E-state index in [1.807, 2.05) is 0 Å². The lowest BCUT2D eigenvalue weighted by molar-refractivity contribution is 0.0948. The van der Waals surface area contributed by atoms with Gasteiger partial charge in [-0.2, -0.15) is 11.8 Å². The van der Waals surface area contributed by atoms with Crippen molar-refractivity contribution in [3.63, 3.8) is 0 Å². The molecule has 1 heterocycles. The monoisotopic (exact) mass is 244 g/mol. The van der Waals surface area contributed by atoms with Crippen molar-refractivity contribution in [2.24, 2.45) is 0 Å². The summed E-state index contributed by atoms with van der Waals surface area (Å²) in [6, 6.07) is 2.18. The first kappa shape index (κ1) is 14.3. The van der Waals surface area contributed by atoms with Crippen LogP contribution in [0.25, 0.3) is 0 Å². The van der Waals surface area contributed by atoms with Gasteiger partial charge in [0.25, 0.3) is 0 Å². The molecular weight excluding hydrogens is 216 g/mol. The standard InChI is InChI=1S/C13H28N2S/c1-5-12-9-15(11(4)10-16-7-3)13(6-2)8-14-12/h11-14H,5-10H2,1-4H3. The molecule has 3 unspecified atom stereocenters. The Bertz CT molecular complexity index is 187. The molecule has 0 aliphatic carbocycles. The third-order valence-corrected chi connectivity index (χ3v) is 4.76. The van der Waals surface area contributed by atoms with Crippen LogP contribution in [0.1, 0.15) is 40.5 Å². The highest BCUT2D eigenvalue weighted by Crippen LogP contribution is 2.18. The van der Waals surface area contributed by atoms with Crippen LogP contribution in [-0.2, 0) is 0 Å². The molecule has 0 spiro atoms. The minimum atomic E-state index is 0.705. The Kier molecular flexibility index (Phi) is 6.78. The third kappa shape index (κ3) is 3.94. The molecule has 96 valence electrons. The fourth-order valence-electron chi connectivity index (χ4n) is 2.46. The molecule has 0 amide bonds. The van der Waals surface area contributed by atoms with Gasteiger partial charge in [0.1, 0.15) is 0 Å². The van der Waals surface area contributed by atoms with E-state index in [9.17, 15) is 0 Å². The summed E-state index contributed by atoms with van der Waals surface area (Å²) in [5.41, 5.74) is 0. The van der Waals surface area contributed by atoms with Gasteiger partial charge in [0.2, 0.25) is 0 Å². The van der Waals surface area contributed by atoms with Crippen LogP contribution in [0.5, 0.6) is 0 Å². The van der Waals surface area contributed by atoms with Crippen molar-refractivity contribution >= 4 is 11.8 Å². The SMILES string of the molecule is CCSCC(C)N1CC(CC)NCC1CC. The van der Waals surface area contributed by atoms with E-state index in [1.165, 1.54) is 37.4 Å². The Morgan fingerprint density at radius 3 is 2.62 bits per heavy atom. The van der Waals surface area contributed by atoms with E-state index in [0.29, 0.717) is 6.04 Å². The minimum absolute atomic E-state index is 0.705. The largest absolute Gasteiger partial charge is 0.311 e. The van der Waals surface area contributed by atoms with Crippen molar-refractivity contribution in [1.82, 2.24) is 10.2 Å². The minimum Gasteiger partial charge on any atom is -0.311 e. The van der Waals surface area contributed by atoms with Crippen molar-refractivity contribution in [3.05, 3.63) is 0 Å². The number of thioether (sulfide) groups is 1. The Morgan fingerprint density at radius 2 is 2.06 bits per heavy atom. The van der Waals surface area contributed by atoms with E-state index >= 15 is 0 Å². The van der Waals surface area contributed by atoms with Crippen molar-refractivity contribution in [2.75, 3.05) is 24.6 Å². The quantitative estimate of drug-likeness (QED) is 0.773. The Balaban J connectivity index is 2.49.